The number of rotatable bonds is 5. The molecule has 1 aromatic carbocycles. The summed E-state index contributed by atoms with van der Waals surface area (Å²) in [5.41, 5.74) is 0.218. The minimum Gasteiger partial charge on any atom is -0.452 e. The highest BCUT2D eigenvalue weighted by Crippen LogP contribution is 2.22. The van der Waals surface area contributed by atoms with Crippen LogP contribution in [0.3, 0.4) is 0 Å². The number of carbonyl (C=O) groups is 2. The zero-order chi connectivity index (χ0) is 16.1. The predicted molar refractivity (Wildman–Crippen MR) is 90.3 cm³/mol. The Hall–Kier alpha value is -1.37. The van der Waals surface area contributed by atoms with Crippen LogP contribution in [0, 0.1) is 0 Å². The standard InChI is InChI=1S/C15H13BrClNO3S/c1-9(13-3-2-6-22-13)18-14(19)8-21-15(20)11-7-10(16)4-5-12(11)17/h2-7,9H,8H2,1H3,(H,18,19)/t9-/m0/s1. The number of ether oxygens (including phenoxy) is 1. The van der Waals surface area contributed by atoms with Crippen LogP contribution in [-0.2, 0) is 9.53 Å². The van der Waals surface area contributed by atoms with Crippen LogP contribution in [0.4, 0.5) is 0 Å². The molecule has 1 aromatic heterocycles. The molecule has 4 nitrogen and oxygen atoms in total. The first-order chi connectivity index (χ1) is 10.5. The number of thiophene rings is 1. The van der Waals surface area contributed by atoms with Gasteiger partial charge in [0.2, 0.25) is 0 Å². The topological polar surface area (TPSA) is 55.4 Å². The van der Waals surface area contributed by atoms with Gasteiger partial charge in [-0.05, 0) is 36.6 Å². The second-order valence-corrected chi connectivity index (χ2v) is 6.81. The fraction of sp³-hybridized carbons (Fsp3) is 0.200. The fourth-order valence-electron chi connectivity index (χ4n) is 1.75. The lowest BCUT2D eigenvalue weighted by Gasteiger charge is -2.12. The number of hydrogen-bond acceptors (Lipinski definition) is 4. The monoisotopic (exact) mass is 401 g/mol. The highest BCUT2D eigenvalue weighted by molar-refractivity contribution is 9.10. The maximum Gasteiger partial charge on any atom is 0.340 e. The molecule has 2 aromatic rings. The molecule has 0 radical (unpaired) electrons. The number of amides is 1. The van der Waals surface area contributed by atoms with Crippen LogP contribution in [0.2, 0.25) is 5.02 Å². The van der Waals surface area contributed by atoms with Crippen molar-refractivity contribution in [2.45, 2.75) is 13.0 Å². The Morgan fingerprint density at radius 3 is 2.86 bits per heavy atom. The SMILES string of the molecule is C[C@H](NC(=O)COC(=O)c1cc(Br)ccc1Cl)c1cccs1. The summed E-state index contributed by atoms with van der Waals surface area (Å²) in [6.45, 7) is 1.52. The second kappa shape index (κ2) is 7.76. The number of benzene rings is 1. The Morgan fingerprint density at radius 1 is 1.41 bits per heavy atom. The molecule has 0 aliphatic carbocycles. The zero-order valence-corrected chi connectivity index (χ0v) is 14.8. The van der Waals surface area contributed by atoms with Gasteiger partial charge in [0, 0.05) is 9.35 Å². The lowest BCUT2D eigenvalue weighted by atomic mass is 10.2. The average molecular weight is 403 g/mol. The third-order valence-electron chi connectivity index (χ3n) is 2.83. The highest BCUT2D eigenvalue weighted by Gasteiger charge is 2.16. The van der Waals surface area contributed by atoms with E-state index in [9.17, 15) is 9.59 Å². The van der Waals surface area contributed by atoms with E-state index in [0.717, 1.165) is 4.88 Å². The summed E-state index contributed by atoms with van der Waals surface area (Å²) in [4.78, 5) is 24.8. The van der Waals surface area contributed by atoms with Crippen LogP contribution in [0.25, 0.3) is 0 Å². The minimum atomic E-state index is -0.634. The summed E-state index contributed by atoms with van der Waals surface area (Å²) < 4.78 is 5.70. The van der Waals surface area contributed by atoms with Crippen LogP contribution in [0.1, 0.15) is 28.2 Å². The Bertz CT molecular complexity index is 675. The Kier molecular flexibility index (Phi) is 5.99. The maximum absolute atomic E-state index is 11.9. The summed E-state index contributed by atoms with van der Waals surface area (Å²) in [5, 5.41) is 4.98. The van der Waals surface area contributed by atoms with Gasteiger partial charge in [0.15, 0.2) is 6.61 Å². The van der Waals surface area contributed by atoms with Gasteiger partial charge in [0.05, 0.1) is 16.6 Å². The molecule has 0 saturated carbocycles. The van der Waals surface area contributed by atoms with Crippen molar-refractivity contribution in [1.29, 1.82) is 0 Å². The summed E-state index contributed by atoms with van der Waals surface area (Å²) in [6, 6.07) is 8.58. The van der Waals surface area contributed by atoms with Gasteiger partial charge in [0.25, 0.3) is 5.91 Å². The molecule has 0 spiro atoms. The van der Waals surface area contributed by atoms with Crippen LogP contribution in [-0.4, -0.2) is 18.5 Å². The van der Waals surface area contributed by atoms with E-state index in [0.29, 0.717) is 4.47 Å². The van der Waals surface area contributed by atoms with Crippen molar-refractivity contribution in [1.82, 2.24) is 5.32 Å². The molecular weight excluding hydrogens is 390 g/mol. The molecule has 0 bridgehead atoms. The van der Waals surface area contributed by atoms with E-state index in [-0.39, 0.29) is 29.1 Å². The van der Waals surface area contributed by atoms with E-state index in [1.165, 1.54) is 0 Å². The second-order valence-electron chi connectivity index (χ2n) is 4.50. The van der Waals surface area contributed by atoms with Crippen molar-refractivity contribution in [2.75, 3.05) is 6.61 Å². The molecule has 1 atom stereocenters. The number of nitrogens with one attached hydrogen (secondary N) is 1. The third kappa shape index (κ3) is 4.56. The van der Waals surface area contributed by atoms with Crippen molar-refractivity contribution < 1.29 is 14.3 Å². The molecule has 0 saturated heterocycles. The minimum absolute atomic E-state index is 0.124. The largest absolute Gasteiger partial charge is 0.452 e. The van der Waals surface area contributed by atoms with E-state index in [1.807, 2.05) is 24.4 Å². The summed E-state index contributed by atoms with van der Waals surface area (Å²) in [7, 11) is 0. The molecular formula is C15H13BrClNO3S. The van der Waals surface area contributed by atoms with E-state index in [2.05, 4.69) is 21.2 Å². The number of hydrogen-bond donors (Lipinski definition) is 1. The highest BCUT2D eigenvalue weighted by atomic mass is 79.9. The predicted octanol–water partition coefficient (Wildman–Crippen LogP) is 4.20. The van der Waals surface area contributed by atoms with Crippen LogP contribution >= 0.6 is 38.9 Å². The summed E-state index contributed by atoms with van der Waals surface area (Å²) >= 11 is 10.7. The molecule has 7 heteroatoms. The van der Waals surface area contributed by atoms with Crippen molar-refractivity contribution in [3.05, 3.63) is 55.6 Å². The Labute approximate surface area is 145 Å². The molecule has 1 heterocycles. The number of halogens is 2. The van der Waals surface area contributed by atoms with Crippen LogP contribution < -0.4 is 5.32 Å². The van der Waals surface area contributed by atoms with E-state index in [4.69, 9.17) is 16.3 Å². The normalized spacial score (nSPS) is 11.8. The molecule has 116 valence electrons. The first-order valence-electron chi connectivity index (χ1n) is 6.42. The van der Waals surface area contributed by atoms with E-state index < -0.39 is 5.97 Å². The van der Waals surface area contributed by atoms with Crippen LogP contribution in [0.15, 0.2) is 40.2 Å². The van der Waals surface area contributed by atoms with Crippen molar-refractivity contribution in [3.63, 3.8) is 0 Å². The first kappa shape index (κ1) is 17.0. The number of esters is 1. The van der Waals surface area contributed by atoms with Gasteiger partial charge >= 0.3 is 5.97 Å². The zero-order valence-electron chi connectivity index (χ0n) is 11.6. The molecule has 2 rings (SSSR count). The summed E-state index contributed by atoms with van der Waals surface area (Å²) in [6.07, 6.45) is 0. The molecule has 0 aliphatic heterocycles. The van der Waals surface area contributed by atoms with E-state index in [1.54, 1.807) is 29.5 Å². The molecule has 0 fully saturated rings. The van der Waals surface area contributed by atoms with Gasteiger partial charge < -0.3 is 10.1 Å². The Morgan fingerprint density at radius 2 is 2.18 bits per heavy atom. The molecule has 0 aliphatic rings. The van der Waals surface area contributed by atoms with Gasteiger partial charge in [-0.25, -0.2) is 4.79 Å². The van der Waals surface area contributed by atoms with Crippen LogP contribution in [0.5, 0.6) is 0 Å². The fourth-order valence-corrected chi connectivity index (χ4v) is 3.04. The lowest BCUT2D eigenvalue weighted by Crippen LogP contribution is -2.30. The smallest absolute Gasteiger partial charge is 0.340 e. The van der Waals surface area contributed by atoms with Crippen molar-refractivity contribution in [2.24, 2.45) is 0 Å². The molecule has 1 amide bonds. The van der Waals surface area contributed by atoms with Gasteiger partial charge in [-0.2, -0.15) is 0 Å². The van der Waals surface area contributed by atoms with Crippen molar-refractivity contribution >= 4 is 50.7 Å². The quantitative estimate of drug-likeness (QED) is 0.763. The van der Waals surface area contributed by atoms with Crippen molar-refractivity contribution in [3.8, 4) is 0 Å². The van der Waals surface area contributed by atoms with Gasteiger partial charge in [-0.1, -0.05) is 33.6 Å². The summed E-state index contributed by atoms with van der Waals surface area (Å²) in [5.74, 6) is -0.995. The average Bonchev–Trinajstić information content (AvgIpc) is 3.01. The van der Waals surface area contributed by atoms with E-state index >= 15 is 0 Å². The first-order valence-corrected chi connectivity index (χ1v) is 8.47. The van der Waals surface area contributed by atoms with Gasteiger partial charge in [-0.3, -0.25) is 4.79 Å². The molecule has 22 heavy (non-hydrogen) atoms. The third-order valence-corrected chi connectivity index (χ3v) is 4.71. The lowest BCUT2D eigenvalue weighted by molar-refractivity contribution is -0.124. The molecule has 1 N–H and O–H groups in total. The number of carbonyl (C=O) groups excluding carboxylic acids is 2. The van der Waals surface area contributed by atoms with Gasteiger partial charge in [-0.15, -0.1) is 11.3 Å². The maximum atomic E-state index is 11.9. The Balaban J connectivity index is 1.88. The van der Waals surface area contributed by atoms with Gasteiger partial charge in [0.1, 0.15) is 0 Å². The molecule has 0 unspecified atom stereocenters.